The van der Waals surface area contributed by atoms with E-state index in [1.807, 2.05) is 6.92 Å². The van der Waals surface area contributed by atoms with Crippen molar-refractivity contribution in [3.05, 3.63) is 29.8 Å². The summed E-state index contributed by atoms with van der Waals surface area (Å²) >= 11 is 0. The van der Waals surface area contributed by atoms with Gasteiger partial charge in [0.15, 0.2) is 0 Å². The minimum absolute atomic E-state index is 0.00378. The standard InChI is InChI=1S/C20H28N4O5/c1-2-15(13-17(25)26)24-11-10-23(19(27)20(24)28)9-3-4-12-29-16-7-5-14(6-8-16)18(21)22/h5-8,15H,2-4,9-13H2,1H3,(H3,21,22)(H,25,26). The lowest BCUT2D eigenvalue weighted by Gasteiger charge is -2.37. The van der Waals surface area contributed by atoms with Crippen LogP contribution in [0, 0.1) is 5.41 Å². The Kier molecular flexibility index (Phi) is 7.99. The molecule has 9 nitrogen and oxygen atoms in total. The van der Waals surface area contributed by atoms with E-state index in [4.69, 9.17) is 21.0 Å². The third-order valence-electron chi connectivity index (χ3n) is 4.92. The summed E-state index contributed by atoms with van der Waals surface area (Å²) in [6.45, 7) is 3.51. The van der Waals surface area contributed by atoms with Crippen LogP contribution in [0.2, 0.25) is 0 Å². The van der Waals surface area contributed by atoms with Crippen LogP contribution in [0.3, 0.4) is 0 Å². The number of hydrogen-bond acceptors (Lipinski definition) is 5. The Morgan fingerprint density at radius 3 is 2.48 bits per heavy atom. The number of rotatable bonds is 11. The number of carbonyl (C=O) groups is 3. The average molecular weight is 404 g/mol. The highest BCUT2D eigenvalue weighted by Crippen LogP contribution is 2.16. The predicted octanol–water partition coefficient (Wildman–Crippen LogP) is 1.05. The van der Waals surface area contributed by atoms with Gasteiger partial charge in [-0.25, -0.2) is 0 Å². The maximum Gasteiger partial charge on any atom is 0.312 e. The minimum atomic E-state index is -0.976. The van der Waals surface area contributed by atoms with Gasteiger partial charge in [0.2, 0.25) is 0 Å². The molecule has 1 saturated heterocycles. The van der Waals surface area contributed by atoms with Gasteiger partial charge in [-0.3, -0.25) is 19.8 Å². The molecule has 158 valence electrons. The molecule has 0 spiro atoms. The van der Waals surface area contributed by atoms with Gasteiger partial charge in [-0.2, -0.15) is 0 Å². The van der Waals surface area contributed by atoms with Gasteiger partial charge in [0.25, 0.3) is 0 Å². The zero-order valence-corrected chi connectivity index (χ0v) is 16.6. The van der Waals surface area contributed by atoms with Crippen LogP contribution < -0.4 is 10.5 Å². The fourth-order valence-corrected chi connectivity index (χ4v) is 3.25. The van der Waals surface area contributed by atoms with E-state index in [9.17, 15) is 14.4 Å². The predicted molar refractivity (Wildman–Crippen MR) is 107 cm³/mol. The molecule has 2 rings (SSSR count). The SMILES string of the molecule is CCC(CC(=O)O)N1CCN(CCCCOc2ccc(C(=N)N)cc2)C(=O)C1=O. The molecule has 0 bridgehead atoms. The van der Waals surface area contributed by atoms with Crippen molar-refractivity contribution in [2.45, 2.75) is 38.6 Å². The van der Waals surface area contributed by atoms with Crippen LogP contribution >= 0.6 is 0 Å². The fraction of sp³-hybridized carbons (Fsp3) is 0.500. The van der Waals surface area contributed by atoms with Crippen LogP contribution in [-0.4, -0.2) is 70.8 Å². The number of unbranched alkanes of at least 4 members (excludes halogenated alkanes) is 1. The van der Waals surface area contributed by atoms with Crippen molar-refractivity contribution in [3.63, 3.8) is 0 Å². The van der Waals surface area contributed by atoms with E-state index in [0.29, 0.717) is 56.8 Å². The maximum absolute atomic E-state index is 12.4. The molecule has 0 aromatic heterocycles. The summed E-state index contributed by atoms with van der Waals surface area (Å²) in [6, 6.07) is 6.48. The lowest BCUT2D eigenvalue weighted by molar-refractivity contribution is -0.159. The Balaban J connectivity index is 1.73. The Bertz CT molecular complexity index is 750. The molecule has 1 unspecified atom stereocenters. The molecule has 1 aliphatic heterocycles. The van der Waals surface area contributed by atoms with Gasteiger partial charge in [0.1, 0.15) is 11.6 Å². The summed E-state index contributed by atoms with van der Waals surface area (Å²) in [5.41, 5.74) is 6.04. The number of hydrogen-bond donors (Lipinski definition) is 3. The third kappa shape index (κ3) is 6.20. The highest BCUT2D eigenvalue weighted by atomic mass is 16.5. The number of nitrogen functional groups attached to an aromatic ring is 1. The first kappa shape index (κ1) is 22.2. The summed E-state index contributed by atoms with van der Waals surface area (Å²) in [5.74, 6) is -1.48. The molecule has 1 fully saturated rings. The van der Waals surface area contributed by atoms with E-state index >= 15 is 0 Å². The van der Waals surface area contributed by atoms with Crippen LogP contribution in [0.5, 0.6) is 5.75 Å². The number of carboxylic acids is 1. The van der Waals surface area contributed by atoms with Gasteiger partial charge >= 0.3 is 17.8 Å². The van der Waals surface area contributed by atoms with Crippen molar-refractivity contribution < 1.29 is 24.2 Å². The van der Waals surface area contributed by atoms with Gasteiger partial charge in [-0.05, 0) is 43.5 Å². The lowest BCUT2D eigenvalue weighted by Crippen LogP contribution is -2.57. The highest BCUT2D eigenvalue weighted by molar-refractivity contribution is 6.35. The second-order valence-corrected chi connectivity index (χ2v) is 6.94. The number of nitrogens with one attached hydrogen (secondary N) is 1. The monoisotopic (exact) mass is 404 g/mol. The van der Waals surface area contributed by atoms with Crippen molar-refractivity contribution >= 4 is 23.6 Å². The molecule has 0 saturated carbocycles. The van der Waals surface area contributed by atoms with E-state index in [2.05, 4.69) is 0 Å². The van der Waals surface area contributed by atoms with Crippen molar-refractivity contribution in [3.8, 4) is 5.75 Å². The summed E-state index contributed by atoms with van der Waals surface area (Å²) in [6.07, 6.45) is 1.75. The first-order chi connectivity index (χ1) is 13.8. The van der Waals surface area contributed by atoms with Crippen LogP contribution in [-0.2, 0) is 14.4 Å². The quantitative estimate of drug-likeness (QED) is 0.218. The number of amides is 2. The van der Waals surface area contributed by atoms with Crippen LogP contribution in [0.25, 0.3) is 0 Å². The second-order valence-electron chi connectivity index (χ2n) is 6.94. The topological polar surface area (TPSA) is 137 Å². The molecule has 4 N–H and O–H groups in total. The number of nitrogens with zero attached hydrogens (tertiary/aromatic N) is 2. The Hall–Kier alpha value is -3.10. The van der Waals surface area contributed by atoms with Crippen LogP contribution in [0.4, 0.5) is 0 Å². The van der Waals surface area contributed by atoms with Crippen molar-refractivity contribution in [1.82, 2.24) is 9.80 Å². The first-order valence-corrected chi connectivity index (χ1v) is 9.72. The van der Waals surface area contributed by atoms with Gasteiger partial charge < -0.3 is 25.4 Å². The van der Waals surface area contributed by atoms with E-state index in [1.165, 1.54) is 9.80 Å². The van der Waals surface area contributed by atoms with E-state index in [-0.39, 0.29) is 12.3 Å². The molecule has 0 radical (unpaired) electrons. The molecule has 1 heterocycles. The molecule has 0 aliphatic carbocycles. The Morgan fingerprint density at radius 1 is 1.21 bits per heavy atom. The zero-order valence-electron chi connectivity index (χ0n) is 16.6. The highest BCUT2D eigenvalue weighted by Gasteiger charge is 2.36. The molecule has 1 aliphatic rings. The Labute approximate surface area is 169 Å². The third-order valence-corrected chi connectivity index (χ3v) is 4.92. The van der Waals surface area contributed by atoms with E-state index in [1.54, 1.807) is 24.3 Å². The molecule has 1 aromatic carbocycles. The summed E-state index contributed by atoms with van der Waals surface area (Å²) in [5, 5.41) is 16.3. The van der Waals surface area contributed by atoms with Crippen LogP contribution in [0.15, 0.2) is 24.3 Å². The summed E-state index contributed by atoms with van der Waals surface area (Å²) in [4.78, 5) is 38.6. The molecular weight excluding hydrogens is 376 g/mol. The molecule has 29 heavy (non-hydrogen) atoms. The van der Waals surface area contributed by atoms with Gasteiger partial charge in [0, 0.05) is 31.2 Å². The van der Waals surface area contributed by atoms with Gasteiger partial charge in [-0.1, -0.05) is 6.92 Å². The Morgan fingerprint density at radius 2 is 1.90 bits per heavy atom. The number of carbonyl (C=O) groups excluding carboxylic acids is 2. The number of amidine groups is 1. The first-order valence-electron chi connectivity index (χ1n) is 9.72. The lowest BCUT2D eigenvalue weighted by atomic mass is 10.1. The molecule has 1 aromatic rings. The number of benzene rings is 1. The second kappa shape index (κ2) is 10.4. The van der Waals surface area contributed by atoms with Gasteiger partial charge in [0.05, 0.1) is 13.0 Å². The molecule has 1 atom stereocenters. The fourth-order valence-electron chi connectivity index (χ4n) is 3.25. The average Bonchev–Trinajstić information content (AvgIpc) is 2.69. The molecule has 9 heteroatoms. The number of piperazine rings is 1. The zero-order chi connectivity index (χ0) is 21.4. The van der Waals surface area contributed by atoms with E-state index < -0.39 is 23.8 Å². The van der Waals surface area contributed by atoms with E-state index in [0.717, 1.165) is 0 Å². The molecular formula is C20H28N4O5. The van der Waals surface area contributed by atoms with Crippen molar-refractivity contribution in [2.75, 3.05) is 26.2 Å². The maximum atomic E-state index is 12.4. The number of aliphatic carboxylic acids is 1. The minimum Gasteiger partial charge on any atom is -0.494 e. The number of ether oxygens (including phenoxy) is 1. The largest absolute Gasteiger partial charge is 0.494 e. The smallest absolute Gasteiger partial charge is 0.312 e. The van der Waals surface area contributed by atoms with Crippen molar-refractivity contribution in [2.24, 2.45) is 5.73 Å². The van der Waals surface area contributed by atoms with Crippen LogP contribution in [0.1, 0.15) is 38.2 Å². The summed E-state index contributed by atoms with van der Waals surface area (Å²) < 4.78 is 5.63. The molecule has 2 amide bonds. The summed E-state index contributed by atoms with van der Waals surface area (Å²) in [7, 11) is 0. The normalized spacial score (nSPS) is 15.3. The number of nitrogens with two attached hydrogens (primary N) is 1. The number of carboxylic acid groups (broad SMARTS) is 1. The van der Waals surface area contributed by atoms with Crippen molar-refractivity contribution in [1.29, 1.82) is 5.41 Å². The van der Waals surface area contributed by atoms with Gasteiger partial charge in [-0.15, -0.1) is 0 Å².